The fourth-order valence-corrected chi connectivity index (χ4v) is 2.10. The minimum Gasteiger partial charge on any atom is -0.456 e. The Morgan fingerprint density at radius 1 is 1.00 bits per heavy atom. The molecule has 0 aliphatic rings. The summed E-state index contributed by atoms with van der Waals surface area (Å²) in [6, 6.07) is 11.5. The van der Waals surface area contributed by atoms with Crippen molar-refractivity contribution in [2.24, 2.45) is 0 Å². The number of hydrogen-bond acceptors (Lipinski definition) is 3. The highest BCUT2D eigenvalue weighted by Crippen LogP contribution is 2.30. The van der Waals surface area contributed by atoms with Crippen LogP contribution in [0, 0.1) is 0 Å². The quantitative estimate of drug-likeness (QED) is 0.670. The first kappa shape index (κ1) is 11.9. The lowest BCUT2D eigenvalue weighted by atomic mass is 10.2. The Labute approximate surface area is 115 Å². The maximum absolute atomic E-state index is 5.95. The number of halogens is 1. The molecule has 0 bridgehead atoms. The van der Waals surface area contributed by atoms with Crippen molar-refractivity contribution in [3.05, 3.63) is 60.6 Å². The summed E-state index contributed by atoms with van der Waals surface area (Å²) in [5.74, 6) is 1.86. The monoisotopic (exact) mass is 270 g/mol. The Kier molecular flexibility index (Phi) is 3.29. The van der Waals surface area contributed by atoms with Gasteiger partial charge in [0.05, 0.1) is 11.4 Å². The number of benzene rings is 1. The van der Waals surface area contributed by atoms with Crippen molar-refractivity contribution >= 4 is 22.5 Å². The molecule has 0 spiro atoms. The molecular weight excluding hydrogens is 260 g/mol. The molecule has 0 aliphatic heterocycles. The Morgan fingerprint density at radius 2 is 1.95 bits per heavy atom. The topological polar surface area (TPSA) is 35.0 Å². The SMILES string of the molecule is ClCc1cnccc1Oc1cccc2ncccc12. The molecule has 2 aromatic heterocycles. The molecule has 4 heteroatoms. The first-order valence-electron chi connectivity index (χ1n) is 5.89. The zero-order chi connectivity index (χ0) is 13.1. The second-order valence-corrected chi connectivity index (χ2v) is 4.31. The second kappa shape index (κ2) is 5.24. The van der Waals surface area contributed by atoms with Gasteiger partial charge in [0.15, 0.2) is 0 Å². The summed E-state index contributed by atoms with van der Waals surface area (Å²) in [7, 11) is 0. The molecule has 2 heterocycles. The summed E-state index contributed by atoms with van der Waals surface area (Å²) in [5.41, 5.74) is 1.77. The summed E-state index contributed by atoms with van der Waals surface area (Å²) in [6.07, 6.45) is 5.17. The number of alkyl halides is 1. The highest BCUT2D eigenvalue weighted by atomic mass is 35.5. The van der Waals surface area contributed by atoms with E-state index < -0.39 is 0 Å². The van der Waals surface area contributed by atoms with E-state index in [1.807, 2.05) is 36.4 Å². The van der Waals surface area contributed by atoms with Crippen molar-refractivity contribution in [3.8, 4) is 11.5 Å². The summed E-state index contributed by atoms with van der Waals surface area (Å²) >= 11 is 5.88. The summed E-state index contributed by atoms with van der Waals surface area (Å²) in [5, 5.41) is 0.974. The van der Waals surface area contributed by atoms with Crippen LogP contribution in [0.3, 0.4) is 0 Å². The molecule has 1 aromatic carbocycles. The summed E-state index contributed by atoms with van der Waals surface area (Å²) in [6.45, 7) is 0. The molecule has 0 saturated heterocycles. The Bertz CT molecular complexity index is 710. The highest BCUT2D eigenvalue weighted by Gasteiger charge is 2.07. The third-order valence-electron chi connectivity index (χ3n) is 2.83. The van der Waals surface area contributed by atoms with Crippen LogP contribution in [0.25, 0.3) is 10.9 Å². The molecular formula is C15H11ClN2O. The standard InChI is InChI=1S/C15H11ClN2O/c16-9-11-10-17-8-6-14(11)19-15-5-1-4-13-12(15)3-2-7-18-13/h1-8,10H,9H2. The van der Waals surface area contributed by atoms with Gasteiger partial charge in [0.2, 0.25) is 0 Å². The van der Waals surface area contributed by atoms with E-state index in [2.05, 4.69) is 9.97 Å². The third kappa shape index (κ3) is 2.37. The lowest BCUT2D eigenvalue weighted by molar-refractivity contribution is 0.483. The fourth-order valence-electron chi connectivity index (χ4n) is 1.90. The van der Waals surface area contributed by atoms with Crippen molar-refractivity contribution in [1.29, 1.82) is 0 Å². The molecule has 19 heavy (non-hydrogen) atoms. The van der Waals surface area contributed by atoms with Crippen LogP contribution < -0.4 is 4.74 Å². The molecule has 0 N–H and O–H groups in total. The van der Waals surface area contributed by atoms with Crippen molar-refractivity contribution in [1.82, 2.24) is 9.97 Å². The molecule has 3 rings (SSSR count). The Morgan fingerprint density at radius 3 is 2.84 bits per heavy atom. The molecule has 94 valence electrons. The van der Waals surface area contributed by atoms with Crippen LogP contribution in [0.4, 0.5) is 0 Å². The van der Waals surface area contributed by atoms with Gasteiger partial charge in [-0.3, -0.25) is 9.97 Å². The Hall–Kier alpha value is -2.13. The number of pyridine rings is 2. The highest BCUT2D eigenvalue weighted by molar-refractivity contribution is 6.17. The van der Waals surface area contributed by atoms with Gasteiger partial charge in [-0.05, 0) is 30.3 Å². The zero-order valence-electron chi connectivity index (χ0n) is 10.1. The molecule has 0 saturated carbocycles. The van der Waals surface area contributed by atoms with Crippen LogP contribution in [0.2, 0.25) is 0 Å². The minimum absolute atomic E-state index is 0.367. The van der Waals surface area contributed by atoms with Crippen molar-refractivity contribution < 1.29 is 4.74 Å². The smallest absolute Gasteiger partial charge is 0.136 e. The van der Waals surface area contributed by atoms with Gasteiger partial charge in [-0.15, -0.1) is 11.6 Å². The molecule has 0 aliphatic carbocycles. The summed E-state index contributed by atoms with van der Waals surface area (Å²) in [4.78, 5) is 8.35. The fraction of sp³-hybridized carbons (Fsp3) is 0.0667. The predicted molar refractivity (Wildman–Crippen MR) is 75.6 cm³/mol. The number of rotatable bonds is 3. The number of fused-ring (bicyclic) bond motifs is 1. The average molecular weight is 271 g/mol. The van der Waals surface area contributed by atoms with Crippen LogP contribution in [-0.4, -0.2) is 9.97 Å². The number of hydrogen-bond donors (Lipinski definition) is 0. The maximum atomic E-state index is 5.95. The molecule has 0 unspecified atom stereocenters. The van der Waals surface area contributed by atoms with Gasteiger partial charge in [-0.2, -0.15) is 0 Å². The number of aromatic nitrogens is 2. The van der Waals surface area contributed by atoms with Crippen LogP contribution in [0.5, 0.6) is 11.5 Å². The van der Waals surface area contributed by atoms with Gasteiger partial charge in [0.25, 0.3) is 0 Å². The second-order valence-electron chi connectivity index (χ2n) is 4.05. The minimum atomic E-state index is 0.367. The first-order valence-corrected chi connectivity index (χ1v) is 6.42. The van der Waals surface area contributed by atoms with Crippen LogP contribution in [0.1, 0.15) is 5.56 Å². The van der Waals surface area contributed by atoms with Gasteiger partial charge in [0.1, 0.15) is 11.5 Å². The van der Waals surface area contributed by atoms with Gasteiger partial charge in [-0.1, -0.05) is 6.07 Å². The van der Waals surface area contributed by atoms with Crippen molar-refractivity contribution in [2.45, 2.75) is 5.88 Å². The van der Waals surface area contributed by atoms with Gasteiger partial charge < -0.3 is 4.74 Å². The normalized spacial score (nSPS) is 10.6. The molecule has 0 amide bonds. The molecule has 3 aromatic rings. The van der Waals surface area contributed by atoms with E-state index in [1.54, 1.807) is 18.6 Å². The Balaban J connectivity index is 2.06. The van der Waals surface area contributed by atoms with Crippen LogP contribution >= 0.6 is 11.6 Å². The largest absolute Gasteiger partial charge is 0.456 e. The van der Waals surface area contributed by atoms with E-state index in [9.17, 15) is 0 Å². The molecule has 3 nitrogen and oxygen atoms in total. The number of nitrogens with zero attached hydrogens (tertiary/aromatic N) is 2. The predicted octanol–water partition coefficient (Wildman–Crippen LogP) is 4.16. The van der Waals surface area contributed by atoms with E-state index in [1.165, 1.54) is 0 Å². The van der Waals surface area contributed by atoms with E-state index in [4.69, 9.17) is 16.3 Å². The molecule has 0 fully saturated rings. The molecule has 0 radical (unpaired) electrons. The maximum Gasteiger partial charge on any atom is 0.136 e. The average Bonchev–Trinajstić information content (AvgIpc) is 2.48. The molecule has 0 atom stereocenters. The first-order chi connectivity index (χ1) is 9.38. The summed E-state index contributed by atoms with van der Waals surface area (Å²) < 4.78 is 5.95. The zero-order valence-corrected chi connectivity index (χ0v) is 10.8. The van der Waals surface area contributed by atoms with E-state index in [0.29, 0.717) is 5.88 Å². The lowest BCUT2D eigenvalue weighted by Crippen LogP contribution is -1.91. The van der Waals surface area contributed by atoms with Gasteiger partial charge >= 0.3 is 0 Å². The van der Waals surface area contributed by atoms with Crippen molar-refractivity contribution in [2.75, 3.05) is 0 Å². The van der Waals surface area contributed by atoms with Crippen LogP contribution in [0.15, 0.2) is 55.0 Å². The van der Waals surface area contributed by atoms with Gasteiger partial charge in [0, 0.05) is 29.5 Å². The van der Waals surface area contributed by atoms with Crippen LogP contribution in [-0.2, 0) is 5.88 Å². The van der Waals surface area contributed by atoms with E-state index in [-0.39, 0.29) is 0 Å². The third-order valence-corrected chi connectivity index (χ3v) is 3.12. The van der Waals surface area contributed by atoms with Crippen molar-refractivity contribution in [3.63, 3.8) is 0 Å². The number of ether oxygens (including phenoxy) is 1. The van der Waals surface area contributed by atoms with Gasteiger partial charge in [-0.25, -0.2) is 0 Å². The lowest BCUT2D eigenvalue weighted by Gasteiger charge is -2.10. The van der Waals surface area contributed by atoms with E-state index in [0.717, 1.165) is 28.0 Å². The van der Waals surface area contributed by atoms with E-state index >= 15 is 0 Å².